The number of ketones is 1. The van der Waals surface area contributed by atoms with E-state index in [1.54, 1.807) is 11.6 Å². The third-order valence-corrected chi connectivity index (χ3v) is 2.97. The lowest BCUT2D eigenvalue weighted by Gasteiger charge is -2.00. The Kier molecular flexibility index (Phi) is 3.97. The molecule has 0 saturated carbocycles. The molecule has 2 rings (SSSR count). The summed E-state index contributed by atoms with van der Waals surface area (Å²) < 4.78 is 1.39. The van der Waals surface area contributed by atoms with Crippen LogP contribution in [-0.4, -0.2) is 31.7 Å². The lowest BCUT2D eigenvalue weighted by Crippen LogP contribution is -2.19. The molecule has 0 atom stereocenters. The SMILES string of the molecule is CC(=O)c1csc(NC(=O)Cn2cc(CN)nn2)n1. The monoisotopic (exact) mass is 280 g/mol. The van der Waals surface area contributed by atoms with Gasteiger partial charge in [0.1, 0.15) is 12.2 Å². The number of nitrogens with zero attached hydrogens (tertiary/aromatic N) is 4. The fourth-order valence-electron chi connectivity index (χ4n) is 1.31. The van der Waals surface area contributed by atoms with Crippen LogP contribution in [0.3, 0.4) is 0 Å². The summed E-state index contributed by atoms with van der Waals surface area (Å²) in [7, 11) is 0. The lowest BCUT2D eigenvalue weighted by atomic mass is 10.4. The van der Waals surface area contributed by atoms with Crippen LogP contribution in [-0.2, 0) is 17.9 Å². The topological polar surface area (TPSA) is 116 Å². The molecule has 1 amide bonds. The number of thiazole rings is 1. The third-order valence-electron chi connectivity index (χ3n) is 2.21. The summed E-state index contributed by atoms with van der Waals surface area (Å²) >= 11 is 1.20. The predicted octanol–water partition coefficient (Wildman–Crippen LogP) is 0.0346. The van der Waals surface area contributed by atoms with Crippen molar-refractivity contribution in [2.24, 2.45) is 5.73 Å². The molecule has 100 valence electrons. The van der Waals surface area contributed by atoms with Crippen molar-refractivity contribution in [3.8, 4) is 0 Å². The van der Waals surface area contributed by atoms with Gasteiger partial charge in [0.2, 0.25) is 5.91 Å². The van der Waals surface area contributed by atoms with Gasteiger partial charge in [0.25, 0.3) is 0 Å². The summed E-state index contributed by atoms with van der Waals surface area (Å²) in [6.07, 6.45) is 1.60. The number of Topliss-reactive ketones (excluding diaryl/α,β-unsaturated/α-hetero) is 1. The minimum atomic E-state index is -0.294. The van der Waals surface area contributed by atoms with Gasteiger partial charge in [0, 0.05) is 18.8 Å². The Morgan fingerprint density at radius 3 is 2.89 bits per heavy atom. The van der Waals surface area contributed by atoms with Gasteiger partial charge in [-0.25, -0.2) is 9.67 Å². The molecule has 0 unspecified atom stereocenters. The molecule has 8 nitrogen and oxygen atoms in total. The quantitative estimate of drug-likeness (QED) is 0.747. The van der Waals surface area contributed by atoms with Crippen molar-refractivity contribution in [2.45, 2.75) is 20.0 Å². The maximum atomic E-state index is 11.7. The van der Waals surface area contributed by atoms with E-state index in [0.29, 0.717) is 16.5 Å². The summed E-state index contributed by atoms with van der Waals surface area (Å²) in [6, 6.07) is 0. The standard InChI is InChI=1S/C10H12N6O2S/c1-6(17)8-5-19-10(12-8)13-9(18)4-16-3-7(2-11)14-15-16/h3,5H,2,4,11H2,1H3,(H,12,13,18). The van der Waals surface area contributed by atoms with Crippen molar-refractivity contribution in [1.82, 2.24) is 20.0 Å². The number of anilines is 1. The van der Waals surface area contributed by atoms with Crippen molar-refractivity contribution < 1.29 is 9.59 Å². The fourth-order valence-corrected chi connectivity index (χ4v) is 2.07. The van der Waals surface area contributed by atoms with Gasteiger partial charge in [-0.15, -0.1) is 16.4 Å². The molecule has 0 aliphatic rings. The molecule has 9 heteroatoms. The van der Waals surface area contributed by atoms with Gasteiger partial charge in [0.15, 0.2) is 10.9 Å². The largest absolute Gasteiger partial charge is 0.325 e. The number of nitrogens with two attached hydrogens (primary N) is 1. The first-order valence-corrected chi connectivity index (χ1v) is 6.32. The van der Waals surface area contributed by atoms with E-state index in [1.807, 2.05) is 0 Å². The number of nitrogens with one attached hydrogen (secondary N) is 1. The Morgan fingerprint density at radius 1 is 1.53 bits per heavy atom. The first kappa shape index (κ1) is 13.3. The van der Waals surface area contributed by atoms with Crippen LogP contribution in [0.5, 0.6) is 0 Å². The van der Waals surface area contributed by atoms with Crippen molar-refractivity contribution in [2.75, 3.05) is 5.32 Å². The van der Waals surface area contributed by atoms with Crippen LogP contribution in [0.2, 0.25) is 0 Å². The van der Waals surface area contributed by atoms with Crippen LogP contribution in [0.4, 0.5) is 5.13 Å². The van der Waals surface area contributed by atoms with Crippen LogP contribution >= 0.6 is 11.3 Å². The molecular weight excluding hydrogens is 268 g/mol. The molecule has 0 fully saturated rings. The highest BCUT2D eigenvalue weighted by atomic mass is 32.1. The molecule has 3 N–H and O–H groups in total. The highest BCUT2D eigenvalue weighted by molar-refractivity contribution is 7.14. The average molecular weight is 280 g/mol. The van der Waals surface area contributed by atoms with Gasteiger partial charge in [-0.05, 0) is 0 Å². The fraction of sp³-hybridized carbons (Fsp3) is 0.300. The summed E-state index contributed by atoms with van der Waals surface area (Å²) in [6.45, 7) is 1.71. The van der Waals surface area contributed by atoms with Gasteiger partial charge in [-0.3, -0.25) is 9.59 Å². The molecule has 0 saturated heterocycles. The van der Waals surface area contributed by atoms with Gasteiger partial charge in [-0.1, -0.05) is 5.21 Å². The molecule has 2 aromatic rings. The second-order valence-electron chi connectivity index (χ2n) is 3.75. The number of amides is 1. The Morgan fingerprint density at radius 2 is 2.32 bits per heavy atom. The molecule has 0 bridgehead atoms. The Hall–Kier alpha value is -2.13. The van der Waals surface area contributed by atoms with Crippen molar-refractivity contribution in [3.05, 3.63) is 23.0 Å². The predicted molar refractivity (Wildman–Crippen MR) is 68.7 cm³/mol. The summed E-state index contributed by atoms with van der Waals surface area (Å²) in [5, 5.41) is 12.1. The van der Waals surface area contributed by atoms with Crippen LogP contribution < -0.4 is 11.1 Å². The molecule has 2 aromatic heterocycles. The molecular formula is C10H12N6O2S. The smallest absolute Gasteiger partial charge is 0.247 e. The molecule has 0 spiro atoms. The Labute approximate surface area is 112 Å². The number of carbonyl (C=O) groups is 2. The van der Waals surface area contributed by atoms with E-state index in [4.69, 9.17) is 5.73 Å². The zero-order chi connectivity index (χ0) is 13.8. The van der Waals surface area contributed by atoms with E-state index in [9.17, 15) is 9.59 Å². The van der Waals surface area contributed by atoms with Crippen LogP contribution in [0.15, 0.2) is 11.6 Å². The number of hydrogen-bond donors (Lipinski definition) is 2. The second kappa shape index (κ2) is 5.67. The highest BCUT2D eigenvalue weighted by Crippen LogP contribution is 2.15. The van der Waals surface area contributed by atoms with Crippen molar-refractivity contribution in [1.29, 1.82) is 0 Å². The summed E-state index contributed by atoms with van der Waals surface area (Å²) in [5.41, 5.74) is 6.34. The van der Waals surface area contributed by atoms with Crippen LogP contribution in [0.1, 0.15) is 23.1 Å². The van der Waals surface area contributed by atoms with Gasteiger partial charge < -0.3 is 11.1 Å². The van der Waals surface area contributed by atoms with Crippen LogP contribution in [0, 0.1) is 0 Å². The van der Waals surface area contributed by atoms with Gasteiger partial charge >= 0.3 is 0 Å². The normalized spacial score (nSPS) is 10.4. The Bertz CT molecular complexity index is 605. The average Bonchev–Trinajstić information content (AvgIpc) is 2.98. The third kappa shape index (κ3) is 3.42. The lowest BCUT2D eigenvalue weighted by molar-refractivity contribution is -0.116. The molecule has 19 heavy (non-hydrogen) atoms. The second-order valence-corrected chi connectivity index (χ2v) is 4.61. The Balaban J connectivity index is 1.95. The molecule has 0 aliphatic carbocycles. The van der Waals surface area contributed by atoms with Crippen molar-refractivity contribution in [3.63, 3.8) is 0 Å². The zero-order valence-electron chi connectivity index (χ0n) is 10.2. The molecule has 0 radical (unpaired) electrons. The zero-order valence-corrected chi connectivity index (χ0v) is 11.0. The van der Waals surface area contributed by atoms with E-state index in [1.165, 1.54) is 22.9 Å². The van der Waals surface area contributed by atoms with Gasteiger partial charge in [0.05, 0.1) is 11.9 Å². The minimum absolute atomic E-state index is 0.0159. The maximum absolute atomic E-state index is 11.7. The van der Waals surface area contributed by atoms with E-state index in [2.05, 4.69) is 20.6 Å². The first-order valence-electron chi connectivity index (χ1n) is 5.44. The molecule has 0 aliphatic heterocycles. The summed E-state index contributed by atoms with van der Waals surface area (Å²) in [4.78, 5) is 26.8. The number of rotatable bonds is 5. The van der Waals surface area contributed by atoms with Crippen molar-refractivity contribution >= 4 is 28.2 Å². The number of aromatic nitrogens is 4. The maximum Gasteiger partial charge on any atom is 0.247 e. The summed E-state index contributed by atoms with van der Waals surface area (Å²) in [5.74, 6) is -0.432. The van der Waals surface area contributed by atoms with E-state index >= 15 is 0 Å². The van der Waals surface area contributed by atoms with Crippen LogP contribution in [0.25, 0.3) is 0 Å². The molecule has 0 aromatic carbocycles. The number of carbonyl (C=O) groups excluding carboxylic acids is 2. The molecule has 2 heterocycles. The van der Waals surface area contributed by atoms with E-state index in [-0.39, 0.29) is 24.8 Å². The van der Waals surface area contributed by atoms with E-state index in [0.717, 1.165) is 0 Å². The highest BCUT2D eigenvalue weighted by Gasteiger charge is 2.10. The number of hydrogen-bond acceptors (Lipinski definition) is 7. The van der Waals surface area contributed by atoms with Gasteiger partial charge in [-0.2, -0.15) is 0 Å². The first-order chi connectivity index (χ1) is 9.08. The minimum Gasteiger partial charge on any atom is -0.325 e. The van der Waals surface area contributed by atoms with E-state index < -0.39 is 0 Å².